The summed E-state index contributed by atoms with van der Waals surface area (Å²) in [7, 11) is 1.61. The van der Waals surface area contributed by atoms with E-state index in [1.165, 1.54) is 0 Å². The maximum absolute atomic E-state index is 12.4. The Morgan fingerprint density at radius 2 is 1.86 bits per heavy atom. The second kappa shape index (κ2) is 7.67. The van der Waals surface area contributed by atoms with Crippen molar-refractivity contribution in [2.75, 3.05) is 19.0 Å². The zero-order chi connectivity index (χ0) is 20.4. The molecule has 1 aromatic heterocycles. The van der Waals surface area contributed by atoms with E-state index in [1.807, 2.05) is 41.0 Å². The van der Waals surface area contributed by atoms with Gasteiger partial charge >= 0.3 is 0 Å². The zero-order valence-corrected chi connectivity index (χ0v) is 15.8. The van der Waals surface area contributed by atoms with Crippen molar-refractivity contribution < 1.29 is 19.1 Å². The monoisotopic (exact) mass is 392 g/mol. The van der Waals surface area contributed by atoms with Crippen LogP contribution < -0.4 is 20.5 Å². The van der Waals surface area contributed by atoms with Gasteiger partial charge < -0.3 is 20.5 Å². The van der Waals surface area contributed by atoms with Gasteiger partial charge in [-0.25, -0.2) is 4.98 Å². The summed E-state index contributed by atoms with van der Waals surface area (Å²) in [6, 6.07) is 14.8. The molecule has 29 heavy (non-hydrogen) atoms. The number of nitrogens with two attached hydrogens (primary N) is 1. The molecule has 2 aromatic carbocycles. The van der Waals surface area contributed by atoms with E-state index < -0.39 is 5.91 Å². The number of primary amides is 1. The van der Waals surface area contributed by atoms with Gasteiger partial charge in [0.25, 0.3) is 5.91 Å². The van der Waals surface area contributed by atoms with Crippen LogP contribution >= 0.6 is 0 Å². The molecule has 2 heterocycles. The van der Waals surface area contributed by atoms with Crippen LogP contribution in [0.4, 0.5) is 5.82 Å². The number of aromatic nitrogens is 2. The van der Waals surface area contributed by atoms with Gasteiger partial charge in [0.1, 0.15) is 23.6 Å². The number of nitrogens with one attached hydrogen (secondary N) is 1. The first-order valence-electron chi connectivity index (χ1n) is 9.07. The highest BCUT2D eigenvalue weighted by atomic mass is 16.5. The first-order valence-corrected chi connectivity index (χ1v) is 9.07. The number of fused-ring (bicyclic) bond motifs is 1. The molecule has 0 saturated carbocycles. The molecule has 0 bridgehead atoms. The molecule has 1 aliphatic heterocycles. The van der Waals surface area contributed by atoms with E-state index in [4.69, 9.17) is 15.2 Å². The fourth-order valence-corrected chi connectivity index (χ4v) is 3.37. The first-order chi connectivity index (χ1) is 14.0. The molecule has 3 N–H and O–H groups in total. The molecule has 8 heteroatoms. The number of hydrogen-bond acceptors (Lipinski definition) is 5. The summed E-state index contributed by atoms with van der Waals surface area (Å²) in [6.07, 6.45) is 2.00. The van der Waals surface area contributed by atoms with Gasteiger partial charge in [0.2, 0.25) is 5.91 Å². The number of nitrogens with zero attached hydrogens (tertiary/aromatic N) is 2. The van der Waals surface area contributed by atoms with Gasteiger partial charge in [-0.1, -0.05) is 12.1 Å². The van der Waals surface area contributed by atoms with E-state index >= 15 is 0 Å². The van der Waals surface area contributed by atoms with Gasteiger partial charge in [-0.3, -0.25) is 14.2 Å². The highest BCUT2D eigenvalue weighted by Gasteiger charge is 2.31. The Morgan fingerprint density at radius 1 is 1.17 bits per heavy atom. The summed E-state index contributed by atoms with van der Waals surface area (Å²) in [4.78, 5) is 27.8. The quantitative estimate of drug-likeness (QED) is 0.669. The van der Waals surface area contributed by atoms with Crippen LogP contribution in [0.1, 0.15) is 23.6 Å². The average molecular weight is 392 g/mol. The minimum absolute atomic E-state index is 0.0770. The third-order valence-electron chi connectivity index (χ3n) is 4.79. The molecule has 0 spiro atoms. The Kier molecular flexibility index (Phi) is 4.90. The summed E-state index contributed by atoms with van der Waals surface area (Å²) < 4.78 is 12.3. The number of rotatable bonds is 6. The molecule has 1 atom stereocenters. The maximum atomic E-state index is 12.4. The molecule has 148 valence electrons. The Morgan fingerprint density at radius 3 is 2.52 bits per heavy atom. The maximum Gasteiger partial charge on any atom is 0.255 e. The highest BCUT2D eigenvalue weighted by Crippen LogP contribution is 2.37. The molecule has 1 aliphatic rings. The van der Waals surface area contributed by atoms with Crippen molar-refractivity contribution in [1.82, 2.24) is 9.55 Å². The molecule has 0 fully saturated rings. The van der Waals surface area contributed by atoms with Crippen LogP contribution in [0.25, 0.3) is 5.69 Å². The molecule has 0 unspecified atom stereocenters. The third-order valence-corrected chi connectivity index (χ3v) is 4.79. The van der Waals surface area contributed by atoms with Crippen molar-refractivity contribution in [3.8, 4) is 17.2 Å². The third kappa shape index (κ3) is 3.77. The summed E-state index contributed by atoms with van der Waals surface area (Å²) in [5, 5.41) is 2.93. The Balaban J connectivity index is 1.64. The number of carbonyl (C=O) groups excluding carboxylic acids is 2. The largest absolute Gasteiger partial charge is 0.497 e. The SMILES string of the molecule is COc1ccc(-n2cnc3c2NC(=O)C[C@H]3c2ccc(OCC(N)=O)cc2)cc1. The Hall–Kier alpha value is -3.81. The number of hydrogen-bond donors (Lipinski definition) is 2. The van der Waals surface area contributed by atoms with Crippen LogP contribution in [0, 0.1) is 0 Å². The normalized spacial score (nSPS) is 15.3. The molecule has 3 aromatic rings. The van der Waals surface area contributed by atoms with Crippen molar-refractivity contribution in [3.63, 3.8) is 0 Å². The van der Waals surface area contributed by atoms with Gasteiger partial charge in [0, 0.05) is 18.0 Å². The summed E-state index contributed by atoms with van der Waals surface area (Å²) in [6.45, 7) is -0.179. The van der Waals surface area contributed by atoms with Gasteiger partial charge in [0.15, 0.2) is 6.61 Å². The molecule has 0 saturated heterocycles. The fraction of sp³-hybridized carbons (Fsp3) is 0.190. The molecule has 0 aliphatic carbocycles. The molecule has 8 nitrogen and oxygen atoms in total. The number of ether oxygens (including phenoxy) is 2. The van der Waals surface area contributed by atoms with E-state index in [0.29, 0.717) is 18.0 Å². The lowest BCUT2D eigenvalue weighted by Crippen LogP contribution is -2.25. The van der Waals surface area contributed by atoms with E-state index in [9.17, 15) is 9.59 Å². The predicted molar refractivity (Wildman–Crippen MR) is 106 cm³/mol. The van der Waals surface area contributed by atoms with E-state index in [-0.39, 0.29) is 18.4 Å². The number of methoxy groups -OCH3 is 1. The minimum atomic E-state index is -0.535. The van der Waals surface area contributed by atoms with Gasteiger partial charge in [-0.05, 0) is 42.0 Å². The molecular weight excluding hydrogens is 372 g/mol. The lowest BCUT2D eigenvalue weighted by molar-refractivity contribution is -0.120. The number of amides is 2. The van der Waals surface area contributed by atoms with Crippen molar-refractivity contribution in [2.45, 2.75) is 12.3 Å². The highest BCUT2D eigenvalue weighted by molar-refractivity contribution is 5.94. The topological polar surface area (TPSA) is 108 Å². The number of benzene rings is 2. The number of carbonyl (C=O) groups is 2. The van der Waals surface area contributed by atoms with Crippen molar-refractivity contribution in [3.05, 3.63) is 66.1 Å². The van der Waals surface area contributed by atoms with Crippen LogP contribution in [0.15, 0.2) is 54.9 Å². The summed E-state index contributed by atoms with van der Waals surface area (Å²) in [5.74, 6) is 1.16. The van der Waals surface area contributed by atoms with Gasteiger partial charge in [-0.2, -0.15) is 0 Å². The number of imidazole rings is 1. The van der Waals surface area contributed by atoms with E-state index in [1.54, 1.807) is 25.6 Å². The second-order valence-electron chi connectivity index (χ2n) is 6.68. The van der Waals surface area contributed by atoms with Gasteiger partial charge in [0.05, 0.1) is 12.8 Å². The average Bonchev–Trinajstić information content (AvgIpc) is 3.16. The predicted octanol–water partition coefficient (Wildman–Crippen LogP) is 2.22. The number of anilines is 1. The van der Waals surface area contributed by atoms with E-state index in [2.05, 4.69) is 10.3 Å². The van der Waals surface area contributed by atoms with E-state index in [0.717, 1.165) is 22.7 Å². The minimum Gasteiger partial charge on any atom is -0.497 e. The molecule has 4 rings (SSSR count). The molecule has 2 amide bonds. The second-order valence-corrected chi connectivity index (χ2v) is 6.68. The first kappa shape index (κ1) is 18.5. The lowest BCUT2D eigenvalue weighted by atomic mass is 9.90. The van der Waals surface area contributed by atoms with Crippen molar-refractivity contribution in [1.29, 1.82) is 0 Å². The fourth-order valence-electron chi connectivity index (χ4n) is 3.37. The summed E-state index contributed by atoms with van der Waals surface area (Å²) in [5.41, 5.74) is 7.70. The van der Waals surface area contributed by atoms with Gasteiger partial charge in [-0.15, -0.1) is 0 Å². The van der Waals surface area contributed by atoms with Crippen LogP contribution in [0.5, 0.6) is 11.5 Å². The van der Waals surface area contributed by atoms with Crippen LogP contribution in [-0.4, -0.2) is 35.1 Å². The molecule has 0 radical (unpaired) electrons. The smallest absolute Gasteiger partial charge is 0.255 e. The van der Waals surface area contributed by atoms with Crippen molar-refractivity contribution >= 4 is 17.6 Å². The standard InChI is InChI=1S/C21H20N4O4/c1-28-15-8-4-14(5-9-15)25-12-23-20-17(10-19(27)24-21(20)25)13-2-6-16(7-3-13)29-11-18(22)26/h2-9,12,17H,10-11H2,1H3,(H2,22,26)(H,24,27)/t17-/m0/s1. The Labute approximate surface area is 167 Å². The zero-order valence-electron chi connectivity index (χ0n) is 15.8. The lowest BCUT2D eigenvalue weighted by Gasteiger charge is -2.23. The molecular formula is C21H20N4O4. The van der Waals surface area contributed by atoms with Crippen LogP contribution in [0.3, 0.4) is 0 Å². The van der Waals surface area contributed by atoms with Crippen LogP contribution in [-0.2, 0) is 9.59 Å². The summed E-state index contributed by atoms with van der Waals surface area (Å²) >= 11 is 0. The Bertz CT molecular complexity index is 1040. The van der Waals surface area contributed by atoms with Crippen LogP contribution in [0.2, 0.25) is 0 Å². The van der Waals surface area contributed by atoms with Crippen molar-refractivity contribution in [2.24, 2.45) is 5.73 Å².